The molecule has 0 aliphatic heterocycles. The molecular weight excluding hydrogens is 392 g/mol. The zero-order chi connectivity index (χ0) is 23.9. The number of allylic oxidation sites excluding steroid dienone is 1. The summed E-state index contributed by atoms with van der Waals surface area (Å²) in [6, 6.07) is 0. The molecule has 0 heterocycles. The molecule has 168 valence electrons. The lowest BCUT2D eigenvalue weighted by Crippen LogP contribution is -2.03. The highest BCUT2D eigenvalue weighted by molar-refractivity contribution is 5.88. The first-order valence-electron chi connectivity index (χ1n) is 8.95. The third-order valence-electron chi connectivity index (χ3n) is 2.69. The second-order valence-electron chi connectivity index (χ2n) is 5.43. The van der Waals surface area contributed by atoms with Gasteiger partial charge in [0.15, 0.2) is 0 Å². The van der Waals surface area contributed by atoms with Crippen molar-refractivity contribution in [1.29, 1.82) is 0 Å². The lowest BCUT2D eigenvalue weighted by Gasteiger charge is -1.97. The summed E-state index contributed by atoms with van der Waals surface area (Å²) in [6.07, 6.45) is 7.15. The van der Waals surface area contributed by atoms with Crippen LogP contribution in [0.15, 0.2) is 61.8 Å². The third kappa shape index (κ3) is 24.6. The van der Waals surface area contributed by atoms with Crippen molar-refractivity contribution in [3.63, 3.8) is 0 Å². The van der Waals surface area contributed by atoms with Crippen LogP contribution in [-0.4, -0.2) is 49.3 Å². The number of carbonyl (C=O) groups excluding carboxylic acids is 3. The van der Waals surface area contributed by atoms with E-state index >= 15 is 0 Å². The van der Waals surface area contributed by atoms with Gasteiger partial charge in [0.05, 0.1) is 13.7 Å². The molecule has 0 spiro atoms. The molecule has 0 radical (unpaired) electrons. The number of esters is 3. The predicted octanol–water partition coefficient (Wildman–Crippen LogP) is 3.55. The summed E-state index contributed by atoms with van der Waals surface area (Å²) in [5.74, 6) is -2.27. The molecule has 0 saturated heterocycles. The molecule has 30 heavy (non-hydrogen) atoms. The Morgan fingerprint density at radius 3 is 2.03 bits per heavy atom. The van der Waals surface area contributed by atoms with Gasteiger partial charge in [0.25, 0.3) is 0 Å². The van der Waals surface area contributed by atoms with E-state index in [0.29, 0.717) is 12.2 Å². The topological polar surface area (TPSA) is 116 Å². The summed E-state index contributed by atoms with van der Waals surface area (Å²) in [5.41, 5.74) is 0.645. The second-order valence-corrected chi connectivity index (χ2v) is 5.43. The summed E-state index contributed by atoms with van der Waals surface area (Å²) in [6.45, 7) is 17.9. The Morgan fingerprint density at radius 2 is 1.63 bits per heavy atom. The van der Waals surface area contributed by atoms with Gasteiger partial charge in [-0.3, -0.25) is 0 Å². The summed E-state index contributed by atoms with van der Waals surface area (Å²) in [7, 11) is 1.24. The van der Waals surface area contributed by atoms with Crippen molar-refractivity contribution in [2.45, 2.75) is 33.1 Å². The minimum atomic E-state index is -1.05. The molecule has 0 atom stereocenters. The van der Waals surface area contributed by atoms with Crippen LogP contribution in [0.5, 0.6) is 0 Å². The monoisotopic (exact) mass is 424 g/mol. The van der Waals surface area contributed by atoms with Gasteiger partial charge in [0, 0.05) is 23.3 Å². The Morgan fingerprint density at radius 1 is 1.03 bits per heavy atom. The molecule has 0 aliphatic rings. The number of carboxylic acid groups (broad SMARTS) is 1. The van der Waals surface area contributed by atoms with Crippen LogP contribution in [-0.2, 0) is 33.4 Å². The van der Waals surface area contributed by atoms with Crippen LogP contribution in [0.25, 0.3) is 0 Å². The fraction of sp³-hybridized carbons (Fsp3) is 0.364. The summed E-state index contributed by atoms with van der Waals surface area (Å²) < 4.78 is 13.6. The maximum Gasteiger partial charge on any atom is 0.333 e. The normalized spacial score (nSPS) is 8.90. The molecule has 0 fully saturated rings. The van der Waals surface area contributed by atoms with Crippen molar-refractivity contribution in [3.8, 4) is 0 Å². The molecule has 0 rings (SSSR count). The van der Waals surface area contributed by atoms with E-state index in [1.165, 1.54) is 25.3 Å². The summed E-state index contributed by atoms with van der Waals surface area (Å²) >= 11 is 0. The zero-order valence-electron chi connectivity index (χ0n) is 18.0. The molecule has 0 aromatic heterocycles. The van der Waals surface area contributed by atoms with Crippen LogP contribution in [0.2, 0.25) is 0 Å². The van der Waals surface area contributed by atoms with E-state index in [2.05, 4.69) is 40.5 Å². The Balaban J connectivity index is -0.000000371. The molecule has 8 nitrogen and oxygen atoms in total. The average Bonchev–Trinajstić information content (AvgIpc) is 2.71. The number of ether oxygens (including phenoxy) is 3. The van der Waals surface area contributed by atoms with E-state index in [1.54, 1.807) is 6.92 Å². The fourth-order valence-corrected chi connectivity index (χ4v) is 1.16. The Bertz CT molecular complexity index is 629. The highest BCUT2D eigenvalue weighted by Gasteiger charge is 2.03. The van der Waals surface area contributed by atoms with E-state index in [0.717, 1.165) is 18.9 Å². The van der Waals surface area contributed by atoms with Crippen LogP contribution in [0.4, 0.5) is 0 Å². The van der Waals surface area contributed by atoms with E-state index in [9.17, 15) is 19.2 Å². The number of aliphatic carboxylic acids is 1. The largest absolute Gasteiger partial charge is 0.478 e. The number of carboxylic acids is 1. The Labute approximate surface area is 178 Å². The van der Waals surface area contributed by atoms with Gasteiger partial charge in [-0.1, -0.05) is 51.8 Å². The minimum absolute atomic E-state index is 0.193. The van der Waals surface area contributed by atoms with Crippen LogP contribution in [0.1, 0.15) is 33.1 Å². The first-order valence-corrected chi connectivity index (χ1v) is 8.95. The van der Waals surface area contributed by atoms with Crippen molar-refractivity contribution in [1.82, 2.24) is 0 Å². The standard InChI is InChI=1S/C8H10O4.C7H10O2.C7H12O2/c1-6(8(11)12-2)4-3-5-7(9)10;1-4-5-9-7(8)6(2)3;1-3-5-6-9-7(8)4-2/h3,5H,1,4H2,2H3,(H,9,10);4H,1-2,5H2,3H3;4H,2-3,5-6H2,1H3. The van der Waals surface area contributed by atoms with Gasteiger partial charge >= 0.3 is 23.9 Å². The summed E-state index contributed by atoms with van der Waals surface area (Å²) in [4.78, 5) is 41.6. The molecular formula is C22H32O8. The van der Waals surface area contributed by atoms with Crippen molar-refractivity contribution >= 4 is 23.9 Å². The van der Waals surface area contributed by atoms with Crippen LogP contribution >= 0.6 is 0 Å². The van der Waals surface area contributed by atoms with E-state index in [4.69, 9.17) is 5.11 Å². The van der Waals surface area contributed by atoms with Crippen molar-refractivity contribution < 1.29 is 38.5 Å². The molecule has 8 heteroatoms. The number of methoxy groups -OCH3 is 1. The molecule has 0 aliphatic carbocycles. The summed E-state index contributed by atoms with van der Waals surface area (Å²) in [5, 5.41) is 8.19. The Hall–Kier alpha value is -3.42. The third-order valence-corrected chi connectivity index (χ3v) is 2.69. The van der Waals surface area contributed by atoms with Crippen molar-refractivity contribution in [2.75, 3.05) is 20.3 Å². The van der Waals surface area contributed by atoms with Gasteiger partial charge in [0.2, 0.25) is 0 Å². The molecule has 0 amide bonds. The lowest BCUT2D eigenvalue weighted by molar-refractivity contribution is -0.138. The zero-order valence-corrected chi connectivity index (χ0v) is 18.0. The maximum atomic E-state index is 10.7. The molecule has 1 N–H and O–H groups in total. The van der Waals surface area contributed by atoms with Crippen LogP contribution in [0.3, 0.4) is 0 Å². The number of unbranched alkanes of at least 4 members (excludes halogenated alkanes) is 1. The van der Waals surface area contributed by atoms with Gasteiger partial charge < -0.3 is 19.3 Å². The van der Waals surface area contributed by atoms with E-state index in [-0.39, 0.29) is 30.5 Å². The Kier molecular flexibility index (Phi) is 22.8. The van der Waals surface area contributed by atoms with Crippen molar-refractivity contribution in [2.24, 2.45) is 0 Å². The van der Waals surface area contributed by atoms with Gasteiger partial charge in [0.1, 0.15) is 6.61 Å². The second kappa shape index (κ2) is 21.9. The van der Waals surface area contributed by atoms with E-state index < -0.39 is 11.9 Å². The minimum Gasteiger partial charge on any atom is -0.478 e. The predicted molar refractivity (Wildman–Crippen MR) is 115 cm³/mol. The smallest absolute Gasteiger partial charge is 0.333 e. The molecule has 0 saturated carbocycles. The number of hydrogen-bond acceptors (Lipinski definition) is 7. The fourth-order valence-electron chi connectivity index (χ4n) is 1.16. The number of rotatable bonds is 11. The van der Waals surface area contributed by atoms with E-state index in [1.807, 2.05) is 6.92 Å². The maximum absolute atomic E-state index is 10.7. The molecule has 0 bridgehead atoms. The van der Waals surface area contributed by atoms with Gasteiger partial charge in [-0.05, 0) is 19.8 Å². The van der Waals surface area contributed by atoms with Crippen LogP contribution in [0, 0.1) is 0 Å². The van der Waals surface area contributed by atoms with Gasteiger partial charge in [-0.15, -0.1) is 0 Å². The lowest BCUT2D eigenvalue weighted by atomic mass is 10.2. The quantitative estimate of drug-likeness (QED) is 0.176. The highest BCUT2D eigenvalue weighted by Crippen LogP contribution is 2.00. The average molecular weight is 424 g/mol. The number of hydrogen-bond donors (Lipinski definition) is 1. The van der Waals surface area contributed by atoms with Crippen LogP contribution < -0.4 is 0 Å². The first-order chi connectivity index (χ1) is 14.1. The molecule has 0 aromatic rings. The SMILES string of the molecule is C=C(CC=CC(=O)O)C(=O)OC.C=CC(=O)OCCCC.C=CCOC(=O)C(=C)C. The number of carbonyl (C=O) groups is 4. The van der Waals surface area contributed by atoms with Crippen molar-refractivity contribution in [3.05, 3.63) is 61.8 Å². The van der Waals surface area contributed by atoms with Gasteiger partial charge in [-0.2, -0.15) is 0 Å². The van der Waals surface area contributed by atoms with Gasteiger partial charge in [-0.25, -0.2) is 19.2 Å². The molecule has 0 aromatic carbocycles. The first kappa shape index (κ1) is 31.3. The molecule has 0 unspecified atom stereocenters. The highest BCUT2D eigenvalue weighted by atomic mass is 16.5.